The number of halogens is 1. The number of benzene rings is 2. The number of anilines is 2. The molecule has 0 spiro atoms. The van der Waals surface area contributed by atoms with E-state index in [2.05, 4.69) is 15.5 Å². The lowest BCUT2D eigenvalue weighted by Gasteiger charge is -2.36. The van der Waals surface area contributed by atoms with Crippen molar-refractivity contribution in [1.82, 2.24) is 10.2 Å². The summed E-state index contributed by atoms with van der Waals surface area (Å²) in [6.45, 7) is 4.18. The van der Waals surface area contributed by atoms with E-state index in [0.29, 0.717) is 13.1 Å². The SMILES string of the molecule is C[C@@H](NC(=O)N1CCN(c2ccccc2)CC1)C(=O)Nc1ccccc1F. The highest BCUT2D eigenvalue weighted by atomic mass is 19.1. The van der Waals surface area contributed by atoms with Gasteiger partial charge in [0, 0.05) is 31.9 Å². The second-order valence-corrected chi connectivity index (χ2v) is 6.45. The lowest BCUT2D eigenvalue weighted by molar-refractivity contribution is -0.117. The van der Waals surface area contributed by atoms with E-state index >= 15 is 0 Å². The maximum atomic E-state index is 13.6. The number of rotatable bonds is 4. The largest absolute Gasteiger partial charge is 0.368 e. The molecule has 2 N–H and O–H groups in total. The predicted octanol–water partition coefficient (Wildman–Crippen LogP) is 2.68. The van der Waals surface area contributed by atoms with Crippen molar-refractivity contribution in [2.24, 2.45) is 0 Å². The van der Waals surface area contributed by atoms with E-state index in [1.165, 1.54) is 12.1 Å². The first-order valence-electron chi connectivity index (χ1n) is 8.95. The lowest BCUT2D eigenvalue weighted by Crippen LogP contribution is -2.54. The van der Waals surface area contributed by atoms with Gasteiger partial charge in [-0.3, -0.25) is 4.79 Å². The fraction of sp³-hybridized carbons (Fsp3) is 0.300. The molecule has 2 aromatic rings. The highest BCUT2D eigenvalue weighted by Crippen LogP contribution is 2.16. The van der Waals surface area contributed by atoms with E-state index in [1.807, 2.05) is 30.3 Å². The quantitative estimate of drug-likeness (QED) is 0.870. The highest BCUT2D eigenvalue weighted by Gasteiger charge is 2.24. The molecule has 1 atom stereocenters. The summed E-state index contributed by atoms with van der Waals surface area (Å²) in [5.41, 5.74) is 1.23. The van der Waals surface area contributed by atoms with Gasteiger partial charge < -0.3 is 20.4 Å². The standard InChI is InChI=1S/C20H23FN4O2/c1-15(19(26)23-18-10-6-5-9-17(18)21)22-20(27)25-13-11-24(12-14-25)16-7-3-2-4-8-16/h2-10,15H,11-14H2,1H3,(H,22,27)(H,23,26)/t15-/m1/s1. The predicted molar refractivity (Wildman–Crippen MR) is 103 cm³/mol. The number of amides is 3. The van der Waals surface area contributed by atoms with Gasteiger partial charge in [-0.1, -0.05) is 30.3 Å². The summed E-state index contributed by atoms with van der Waals surface area (Å²) in [6, 6.07) is 14.9. The zero-order valence-corrected chi connectivity index (χ0v) is 15.2. The van der Waals surface area contributed by atoms with Crippen LogP contribution in [0.4, 0.5) is 20.6 Å². The zero-order chi connectivity index (χ0) is 19.2. The fourth-order valence-electron chi connectivity index (χ4n) is 2.95. The van der Waals surface area contributed by atoms with E-state index in [1.54, 1.807) is 24.0 Å². The molecule has 3 amide bonds. The Morgan fingerprint density at radius 1 is 0.963 bits per heavy atom. The molecule has 0 radical (unpaired) electrons. The monoisotopic (exact) mass is 370 g/mol. The number of carbonyl (C=O) groups is 2. The van der Waals surface area contributed by atoms with E-state index in [4.69, 9.17) is 0 Å². The molecule has 1 aliphatic heterocycles. The molecule has 3 rings (SSSR count). The van der Waals surface area contributed by atoms with Crippen LogP contribution in [0.1, 0.15) is 6.92 Å². The Hall–Kier alpha value is -3.09. The van der Waals surface area contributed by atoms with Gasteiger partial charge >= 0.3 is 6.03 Å². The molecule has 1 fully saturated rings. The first-order valence-corrected chi connectivity index (χ1v) is 8.95. The van der Waals surface area contributed by atoms with Gasteiger partial charge in [0.05, 0.1) is 5.69 Å². The first kappa shape index (κ1) is 18.7. The van der Waals surface area contributed by atoms with Crippen LogP contribution in [0.15, 0.2) is 54.6 Å². The summed E-state index contributed by atoms with van der Waals surface area (Å²) in [5.74, 6) is -0.974. The maximum Gasteiger partial charge on any atom is 0.318 e. The summed E-state index contributed by atoms with van der Waals surface area (Å²) in [4.78, 5) is 28.5. The van der Waals surface area contributed by atoms with Crippen LogP contribution in [-0.2, 0) is 4.79 Å². The lowest BCUT2D eigenvalue weighted by atomic mass is 10.2. The third-order valence-corrected chi connectivity index (χ3v) is 4.55. The van der Waals surface area contributed by atoms with Crippen molar-refractivity contribution in [3.63, 3.8) is 0 Å². The van der Waals surface area contributed by atoms with Crippen LogP contribution in [0, 0.1) is 5.82 Å². The minimum Gasteiger partial charge on any atom is -0.368 e. The molecule has 0 aromatic heterocycles. The highest BCUT2D eigenvalue weighted by molar-refractivity contribution is 5.96. The number of hydrogen-bond donors (Lipinski definition) is 2. The van der Waals surface area contributed by atoms with Crippen molar-refractivity contribution in [3.05, 3.63) is 60.4 Å². The molecule has 0 unspecified atom stereocenters. The third kappa shape index (κ3) is 4.75. The Balaban J connectivity index is 1.49. The first-order chi connectivity index (χ1) is 13.0. The van der Waals surface area contributed by atoms with Gasteiger partial charge in [-0.05, 0) is 31.2 Å². The zero-order valence-electron chi connectivity index (χ0n) is 15.2. The Morgan fingerprint density at radius 3 is 2.26 bits per heavy atom. The molecule has 0 aliphatic carbocycles. The van der Waals surface area contributed by atoms with Crippen LogP contribution in [0.5, 0.6) is 0 Å². The van der Waals surface area contributed by atoms with Gasteiger partial charge in [-0.25, -0.2) is 9.18 Å². The van der Waals surface area contributed by atoms with E-state index < -0.39 is 17.8 Å². The van der Waals surface area contributed by atoms with Crippen LogP contribution >= 0.6 is 0 Å². The minimum absolute atomic E-state index is 0.0973. The summed E-state index contributed by atoms with van der Waals surface area (Å²) < 4.78 is 13.6. The average Bonchev–Trinajstić information content (AvgIpc) is 2.70. The summed E-state index contributed by atoms with van der Waals surface area (Å²) in [6.07, 6.45) is 0. The summed E-state index contributed by atoms with van der Waals surface area (Å²) in [5, 5.41) is 5.17. The average molecular weight is 370 g/mol. The van der Waals surface area contributed by atoms with Gasteiger partial charge in [-0.2, -0.15) is 0 Å². The molecule has 27 heavy (non-hydrogen) atoms. The van der Waals surface area contributed by atoms with Crippen LogP contribution in [-0.4, -0.2) is 49.1 Å². The summed E-state index contributed by atoms with van der Waals surface area (Å²) >= 11 is 0. The molecule has 0 bridgehead atoms. The molecule has 6 nitrogen and oxygen atoms in total. The third-order valence-electron chi connectivity index (χ3n) is 4.55. The molecule has 7 heteroatoms. The normalized spacial score (nSPS) is 15.2. The van der Waals surface area contributed by atoms with Gasteiger partial charge in [0.1, 0.15) is 11.9 Å². The number of urea groups is 1. The van der Waals surface area contributed by atoms with Crippen LogP contribution in [0.3, 0.4) is 0 Å². The van der Waals surface area contributed by atoms with Gasteiger partial charge in [0.25, 0.3) is 0 Å². The number of nitrogens with one attached hydrogen (secondary N) is 2. The van der Waals surface area contributed by atoms with Gasteiger partial charge in [0.15, 0.2) is 0 Å². The number of carbonyl (C=O) groups excluding carboxylic acids is 2. The minimum atomic E-state index is -0.774. The molecule has 1 heterocycles. The van der Waals surface area contributed by atoms with Crippen LogP contribution in [0.25, 0.3) is 0 Å². The van der Waals surface area contributed by atoms with Crippen molar-refractivity contribution in [2.75, 3.05) is 36.4 Å². The van der Waals surface area contributed by atoms with E-state index in [9.17, 15) is 14.0 Å². The number of hydrogen-bond acceptors (Lipinski definition) is 3. The van der Waals surface area contributed by atoms with Crippen molar-refractivity contribution >= 4 is 23.3 Å². The smallest absolute Gasteiger partial charge is 0.318 e. The molecular weight excluding hydrogens is 347 g/mol. The van der Waals surface area contributed by atoms with E-state index in [0.717, 1.165) is 18.8 Å². The summed E-state index contributed by atoms with van der Waals surface area (Å²) in [7, 11) is 0. The fourth-order valence-corrected chi connectivity index (χ4v) is 2.95. The van der Waals surface area contributed by atoms with Crippen molar-refractivity contribution in [1.29, 1.82) is 0 Å². The van der Waals surface area contributed by atoms with Crippen LogP contribution in [0.2, 0.25) is 0 Å². The second kappa shape index (κ2) is 8.53. The number of piperazine rings is 1. The van der Waals surface area contributed by atoms with E-state index in [-0.39, 0.29) is 11.7 Å². The maximum absolute atomic E-state index is 13.6. The Morgan fingerprint density at radius 2 is 1.59 bits per heavy atom. The van der Waals surface area contributed by atoms with Crippen LogP contribution < -0.4 is 15.5 Å². The molecule has 1 aliphatic rings. The molecule has 0 saturated carbocycles. The topological polar surface area (TPSA) is 64.7 Å². The van der Waals surface area contributed by atoms with Crippen molar-refractivity contribution in [2.45, 2.75) is 13.0 Å². The number of nitrogens with zero attached hydrogens (tertiary/aromatic N) is 2. The molecule has 142 valence electrons. The van der Waals surface area contributed by atoms with Crippen molar-refractivity contribution in [3.8, 4) is 0 Å². The molecular formula is C20H23FN4O2. The Bertz CT molecular complexity index is 792. The van der Waals surface area contributed by atoms with Crippen molar-refractivity contribution < 1.29 is 14.0 Å². The molecule has 1 saturated heterocycles. The van der Waals surface area contributed by atoms with Gasteiger partial charge in [0.2, 0.25) is 5.91 Å². The Kier molecular flexibility index (Phi) is 5.90. The number of para-hydroxylation sites is 2. The Labute approximate surface area is 158 Å². The molecule has 2 aromatic carbocycles. The second-order valence-electron chi connectivity index (χ2n) is 6.45. The van der Waals surface area contributed by atoms with Gasteiger partial charge in [-0.15, -0.1) is 0 Å².